The predicted molar refractivity (Wildman–Crippen MR) is 134 cm³/mol. The third-order valence-corrected chi connectivity index (χ3v) is 13.5. The topological polar surface area (TPSA) is 0 Å². The van der Waals surface area contributed by atoms with Crippen LogP contribution in [0.2, 0.25) is 0 Å². The highest BCUT2D eigenvalue weighted by molar-refractivity contribution is 5.34. The van der Waals surface area contributed by atoms with Crippen LogP contribution in [0.25, 0.3) is 0 Å². The first-order valence-electron chi connectivity index (χ1n) is 13.9. The summed E-state index contributed by atoms with van der Waals surface area (Å²) in [5.41, 5.74) is 4.86. The fourth-order valence-corrected chi connectivity index (χ4v) is 11.0. The van der Waals surface area contributed by atoms with Gasteiger partial charge < -0.3 is 0 Å². The molecule has 5 aliphatic carbocycles. The van der Waals surface area contributed by atoms with E-state index in [0.717, 1.165) is 23.7 Å². The van der Waals surface area contributed by atoms with Gasteiger partial charge in [0.05, 0.1) is 0 Å². The van der Waals surface area contributed by atoms with Crippen LogP contribution in [0.15, 0.2) is 11.6 Å². The van der Waals surface area contributed by atoms with E-state index in [1.165, 1.54) is 64.2 Å². The lowest BCUT2D eigenvalue weighted by atomic mass is 9.35. The molecule has 0 aliphatic heterocycles. The Kier molecular flexibility index (Phi) is 4.68. The molecule has 4 saturated carbocycles. The van der Waals surface area contributed by atoms with Crippen molar-refractivity contribution >= 4 is 0 Å². The molecule has 8 atom stereocenters. The molecule has 0 aromatic heterocycles. The Hall–Kier alpha value is -0.260. The second-order valence-electron chi connectivity index (χ2n) is 15.6. The number of hydrogen-bond acceptors (Lipinski definition) is 0. The van der Waals surface area contributed by atoms with Crippen LogP contribution in [0, 0.1) is 56.2 Å². The molecular weight excluding hydrogens is 372 g/mol. The Morgan fingerprint density at radius 3 is 2.13 bits per heavy atom. The summed E-state index contributed by atoms with van der Waals surface area (Å²) in [5.74, 6) is 3.63. The second kappa shape index (κ2) is 6.44. The summed E-state index contributed by atoms with van der Waals surface area (Å²) in [4.78, 5) is 0. The molecule has 0 heteroatoms. The van der Waals surface area contributed by atoms with Gasteiger partial charge in [-0.25, -0.2) is 0 Å². The molecule has 0 saturated heterocycles. The molecule has 0 aromatic rings. The van der Waals surface area contributed by atoms with E-state index < -0.39 is 0 Å². The molecule has 0 aromatic carbocycles. The third-order valence-electron chi connectivity index (χ3n) is 13.5. The van der Waals surface area contributed by atoms with Gasteiger partial charge in [-0.2, -0.15) is 0 Å². The van der Waals surface area contributed by atoms with Crippen LogP contribution in [0.3, 0.4) is 0 Å². The van der Waals surface area contributed by atoms with E-state index in [0.29, 0.717) is 32.5 Å². The van der Waals surface area contributed by atoms with Crippen LogP contribution in [0.4, 0.5) is 0 Å². The standard InChI is InChI=1S/C31H52/c1-21-14-15-29(7)22-11-13-25-30(8,23(22)10-12-24(29)27(21,4)5)19-18-28(6)17-16-26(2,3)20-31(25,28)9/h13,21-24H,10-12,14-20H2,1-9H3. The van der Waals surface area contributed by atoms with E-state index in [1.54, 1.807) is 0 Å². The molecular formula is C31H52. The Morgan fingerprint density at radius 2 is 1.42 bits per heavy atom. The minimum absolute atomic E-state index is 0.408. The summed E-state index contributed by atoms with van der Waals surface area (Å²) in [7, 11) is 0. The van der Waals surface area contributed by atoms with Gasteiger partial charge in [0.1, 0.15) is 0 Å². The van der Waals surface area contributed by atoms with Crippen molar-refractivity contribution < 1.29 is 0 Å². The highest BCUT2D eigenvalue weighted by Gasteiger charge is 2.65. The van der Waals surface area contributed by atoms with E-state index >= 15 is 0 Å². The number of fused-ring (bicyclic) bond motifs is 7. The van der Waals surface area contributed by atoms with E-state index in [1.807, 2.05) is 5.57 Å². The maximum atomic E-state index is 2.86. The van der Waals surface area contributed by atoms with Crippen molar-refractivity contribution in [3.63, 3.8) is 0 Å². The molecule has 0 N–H and O–H groups in total. The summed E-state index contributed by atoms with van der Waals surface area (Å²) in [6.07, 6.45) is 17.3. The fraction of sp³-hybridized carbons (Fsp3) is 0.935. The molecule has 0 nitrogen and oxygen atoms in total. The molecule has 8 unspecified atom stereocenters. The lowest BCUT2D eigenvalue weighted by Gasteiger charge is -2.70. The lowest BCUT2D eigenvalue weighted by Crippen LogP contribution is -2.61. The average molecular weight is 425 g/mol. The summed E-state index contributed by atoms with van der Waals surface area (Å²) in [6, 6.07) is 0. The Labute approximate surface area is 194 Å². The van der Waals surface area contributed by atoms with Crippen molar-refractivity contribution in [2.45, 2.75) is 127 Å². The van der Waals surface area contributed by atoms with Crippen LogP contribution in [-0.4, -0.2) is 0 Å². The molecule has 31 heavy (non-hydrogen) atoms. The van der Waals surface area contributed by atoms with Crippen LogP contribution in [0.5, 0.6) is 0 Å². The van der Waals surface area contributed by atoms with E-state index in [-0.39, 0.29) is 0 Å². The van der Waals surface area contributed by atoms with Crippen molar-refractivity contribution in [3.05, 3.63) is 11.6 Å². The molecule has 4 fully saturated rings. The maximum absolute atomic E-state index is 2.86. The third kappa shape index (κ3) is 2.78. The molecule has 0 spiro atoms. The van der Waals surface area contributed by atoms with Crippen molar-refractivity contribution in [1.29, 1.82) is 0 Å². The van der Waals surface area contributed by atoms with Gasteiger partial charge in [0, 0.05) is 0 Å². The maximum Gasteiger partial charge on any atom is -0.00520 e. The van der Waals surface area contributed by atoms with Gasteiger partial charge in [0.2, 0.25) is 0 Å². The van der Waals surface area contributed by atoms with E-state index in [2.05, 4.69) is 68.4 Å². The van der Waals surface area contributed by atoms with Gasteiger partial charge in [0.15, 0.2) is 0 Å². The minimum atomic E-state index is 0.408. The number of rotatable bonds is 0. The zero-order valence-corrected chi connectivity index (χ0v) is 22.5. The van der Waals surface area contributed by atoms with Crippen LogP contribution < -0.4 is 0 Å². The summed E-state index contributed by atoms with van der Waals surface area (Å²) in [5, 5.41) is 0. The SMILES string of the molecule is CC1CCC2(C)C3CC=C4C(C)(CCC5(C)CCC(C)(C)CC45C)C3CCC2C1(C)C. The zero-order chi connectivity index (χ0) is 22.7. The van der Waals surface area contributed by atoms with Crippen molar-refractivity contribution in [2.75, 3.05) is 0 Å². The zero-order valence-electron chi connectivity index (χ0n) is 22.5. The van der Waals surface area contributed by atoms with Gasteiger partial charge in [0.25, 0.3) is 0 Å². The molecule has 0 heterocycles. The number of allylic oxidation sites excluding steroid dienone is 2. The van der Waals surface area contributed by atoms with Crippen LogP contribution >= 0.6 is 0 Å². The number of hydrogen-bond donors (Lipinski definition) is 0. The lowest BCUT2D eigenvalue weighted by molar-refractivity contribution is -0.158. The van der Waals surface area contributed by atoms with Crippen molar-refractivity contribution in [2.24, 2.45) is 56.2 Å². The predicted octanol–water partition coefficient (Wildman–Crippen LogP) is 9.44. The van der Waals surface area contributed by atoms with Gasteiger partial charge in [-0.3, -0.25) is 0 Å². The molecule has 5 rings (SSSR count). The second-order valence-corrected chi connectivity index (χ2v) is 15.6. The minimum Gasteiger partial charge on any atom is -0.0839 e. The summed E-state index contributed by atoms with van der Waals surface area (Å²) < 4.78 is 0. The quantitative estimate of drug-likeness (QED) is 0.340. The monoisotopic (exact) mass is 424 g/mol. The Bertz CT molecular complexity index is 784. The van der Waals surface area contributed by atoms with Gasteiger partial charge >= 0.3 is 0 Å². The highest BCUT2D eigenvalue weighted by Crippen LogP contribution is 2.75. The first kappa shape index (κ1) is 22.5. The van der Waals surface area contributed by atoms with Crippen LogP contribution in [0.1, 0.15) is 127 Å². The summed E-state index contributed by atoms with van der Waals surface area (Å²) in [6.45, 7) is 23.7. The fourth-order valence-electron chi connectivity index (χ4n) is 11.0. The van der Waals surface area contributed by atoms with Crippen molar-refractivity contribution in [3.8, 4) is 0 Å². The molecule has 5 aliphatic rings. The molecule has 176 valence electrons. The first-order valence-corrected chi connectivity index (χ1v) is 13.9. The van der Waals surface area contributed by atoms with Gasteiger partial charge in [-0.05, 0) is 120 Å². The largest absolute Gasteiger partial charge is 0.0839 e. The van der Waals surface area contributed by atoms with Crippen LogP contribution in [-0.2, 0) is 0 Å². The first-order chi connectivity index (χ1) is 14.2. The molecule has 0 amide bonds. The normalized spacial score (nSPS) is 55.2. The highest BCUT2D eigenvalue weighted by atomic mass is 14.7. The Balaban J connectivity index is 1.56. The van der Waals surface area contributed by atoms with E-state index in [9.17, 15) is 0 Å². The smallest absolute Gasteiger partial charge is 0.00520 e. The Morgan fingerprint density at radius 1 is 0.742 bits per heavy atom. The van der Waals surface area contributed by atoms with Gasteiger partial charge in [-0.15, -0.1) is 0 Å². The molecule has 0 radical (unpaired) electrons. The molecule has 0 bridgehead atoms. The van der Waals surface area contributed by atoms with Crippen molar-refractivity contribution in [1.82, 2.24) is 0 Å². The van der Waals surface area contributed by atoms with Gasteiger partial charge in [-0.1, -0.05) is 74.0 Å². The summed E-state index contributed by atoms with van der Waals surface area (Å²) >= 11 is 0. The average Bonchev–Trinajstić information content (AvgIpc) is 2.67. The van der Waals surface area contributed by atoms with E-state index in [4.69, 9.17) is 0 Å².